The van der Waals surface area contributed by atoms with Crippen LogP contribution in [0.4, 0.5) is 21.0 Å². The fourth-order valence-electron chi connectivity index (χ4n) is 8.31. The van der Waals surface area contributed by atoms with Gasteiger partial charge in [-0.1, -0.05) is 24.3 Å². The second-order valence-electron chi connectivity index (χ2n) is 14.2. The van der Waals surface area contributed by atoms with Gasteiger partial charge < -0.3 is 39.7 Å². The monoisotopic (exact) mass is 673 g/mol. The summed E-state index contributed by atoms with van der Waals surface area (Å²) in [6.45, 7) is 10.1. The van der Waals surface area contributed by atoms with Crippen molar-refractivity contribution in [2.24, 2.45) is 0 Å². The van der Waals surface area contributed by atoms with Crippen LogP contribution in [0.2, 0.25) is 0 Å². The molecule has 0 aromatic heterocycles. The predicted octanol–water partition coefficient (Wildman–Crippen LogP) is 3.32. The molecule has 0 saturated carbocycles. The second kappa shape index (κ2) is 14.8. The van der Waals surface area contributed by atoms with Crippen molar-refractivity contribution in [2.75, 3.05) is 89.3 Å². The Balaban J connectivity index is 1.01. The second-order valence-corrected chi connectivity index (χ2v) is 14.2. The Bertz CT molecular complexity index is 1510. The largest absolute Gasteiger partial charge is 0.490 e. The van der Waals surface area contributed by atoms with E-state index in [1.165, 1.54) is 0 Å². The van der Waals surface area contributed by atoms with Crippen molar-refractivity contribution < 1.29 is 23.9 Å². The SMILES string of the molecule is Cc1cc(C[C@@H](OC(=O)N2CCC(N3CCc4ccccc4NC3=O)CC2)C(=O)N2CCN(C3CCNCC3)CC2)cc2c1N(C)CCO2. The highest BCUT2D eigenvalue weighted by Crippen LogP contribution is 2.36. The Hall–Kier alpha value is -4.03. The Kier molecular flexibility index (Phi) is 10.1. The summed E-state index contributed by atoms with van der Waals surface area (Å²) in [6.07, 6.45) is 3.25. The molecule has 0 aliphatic carbocycles. The van der Waals surface area contributed by atoms with E-state index in [1.807, 2.05) is 34.1 Å². The average molecular weight is 674 g/mol. The number of ether oxygens (including phenoxy) is 2. The molecule has 12 heteroatoms. The van der Waals surface area contributed by atoms with Gasteiger partial charge in [-0.3, -0.25) is 9.69 Å². The number of likely N-dealkylation sites (N-methyl/N-ethyl adjacent to an activating group) is 1. The summed E-state index contributed by atoms with van der Waals surface area (Å²) in [6, 6.07) is 12.5. The van der Waals surface area contributed by atoms with Crippen LogP contribution >= 0.6 is 0 Å². The minimum atomic E-state index is -0.940. The van der Waals surface area contributed by atoms with Gasteiger partial charge in [-0.05, 0) is 80.9 Å². The number of amides is 4. The number of piperidine rings is 2. The topological polar surface area (TPSA) is 110 Å². The number of para-hydroxylation sites is 1. The number of nitrogens with one attached hydrogen (secondary N) is 2. The lowest BCUT2D eigenvalue weighted by atomic mass is 10.0. The molecule has 3 fully saturated rings. The smallest absolute Gasteiger partial charge is 0.410 e. The molecule has 3 saturated heterocycles. The molecule has 2 aromatic carbocycles. The molecule has 2 aromatic rings. The number of hydrogen-bond donors (Lipinski definition) is 2. The van der Waals surface area contributed by atoms with Crippen molar-refractivity contribution in [3.05, 3.63) is 53.1 Å². The lowest BCUT2D eigenvalue weighted by Crippen LogP contribution is -2.56. The van der Waals surface area contributed by atoms with Crippen LogP contribution in [0, 0.1) is 6.92 Å². The summed E-state index contributed by atoms with van der Waals surface area (Å²) in [5, 5.41) is 6.51. The summed E-state index contributed by atoms with van der Waals surface area (Å²) >= 11 is 0. The van der Waals surface area contributed by atoms with Crippen LogP contribution in [-0.4, -0.2) is 135 Å². The van der Waals surface area contributed by atoms with Crippen LogP contribution in [-0.2, 0) is 22.4 Å². The fourth-order valence-corrected chi connectivity index (χ4v) is 8.31. The maximum Gasteiger partial charge on any atom is 0.410 e. The Morgan fingerprint density at radius 1 is 0.918 bits per heavy atom. The summed E-state index contributed by atoms with van der Waals surface area (Å²) < 4.78 is 12.2. The number of carbonyl (C=O) groups excluding carboxylic acids is 3. The Morgan fingerprint density at radius 2 is 1.67 bits per heavy atom. The fraction of sp³-hybridized carbons (Fsp3) is 0.595. The van der Waals surface area contributed by atoms with Crippen LogP contribution in [0.1, 0.15) is 42.4 Å². The minimum Gasteiger partial charge on any atom is -0.490 e. The maximum absolute atomic E-state index is 14.2. The maximum atomic E-state index is 14.2. The molecule has 5 heterocycles. The van der Waals surface area contributed by atoms with E-state index in [0.717, 1.165) is 85.8 Å². The third-order valence-electron chi connectivity index (χ3n) is 11.1. The number of nitrogens with zero attached hydrogens (tertiary/aromatic N) is 5. The lowest BCUT2D eigenvalue weighted by molar-refractivity contribution is -0.143. The number of rotatable bonds is 6. The number of aryl methyl sites for hydroxylation is 1. The molecular weight excluding hydrogens is 622 g/mol. The van der Waals surface area contributed by atoms with E-state index < -0.39 is 12.2 Å². The van der Waals surface area contributed by atoms with E-state index >= 15 is 0 Å². The average Bonchev–Trinajstić information content (AvgIpc) is 3.29. The lowest BCUT2D eigenvalue weighted by Gasteiger charge is -2.41. The summed E-state index contributed by atoms with van der Waals surface area (Å²) in [5.74, 6) is 0.669. The molecule has 0 spiro atoms. The molecule has 7 rings (SSSR count). The first-order chi connectivity index (χ1) is 23.8. The first-order valence-corrected chi connectivity index (χ1v) is 18.2. The van der Waals surface area contributed by atoms with Crippen LogP contribution in [0.25, 0.3) is 0 Å². The van der Waals surface area contributed by atoms with Gasteiger partial charge in [-0.25, -0.2) is 9.59 Å². The van der Waals surface area contributed by atoms with Gasteiger partial charge in [0.15, 0.2) is 6.10 Å². The molecule has 1 atom stereocenters. The van der Waals surface area contributed by atoms with Crippen molar-refractivity contribution in [2.45, 2.75) is 63.6 Å². The molecule has 4 amide bonds. The molecule has 49 heavy (non-hydrogen) atoms. The first kappa shape index (κ1) is 33.5. The molecule has 0 bridgehead atoms. The summed E-state index contributed by atoms with van der Waals surface area (Å²) in [7, 11) is 2.06. The zero-order valence-corrected chi connectivity index (χ0v) is 29.0. The van der Waals surface area contributed by atoms with E-state index in [0.29, 0.717) is 58.2 Å². The number of piperazine rings is 1. The molecule has 2 N–H and O–H groups in total. The highest BCUT2D eigenvalue weighted by Gasteiger charge is 2.36. The van der Waals surface area contributed by atoms with E-state index in [-0.39, 0.29) is 24.4 Å². The van der Waals surface area contributed by atoms with Crippen molar-refractivity contribution >= 4 is 29.4 Å². The van der Waals surface area contributed by atoms with Crippen molar-refractivity contribution in [1.29, 1.82) is 0 Å². The minimum absolute atomic E-state index is 0.0311. The van der Waals surface area contributed by atoms with Gasteiger partial charge >= 0.3 is 12.1 Å². The van der Waals surface area contributed by atoms with E-state index in [1.54, 1.807) is 4.90 Å². The van der Waals surface area contributed by atoms with E-state index in [2.05, 4.69) is 46.5 Å². The Morgan fingerprint density at radius 3 is 2.45 bits per heavy atom. The van der Waals surface area contributed by atoms with Crippen LogP contribution in [0.3, 0.4) is 0 Å². The van der Waals surface area contributed by atoms with Gasteiger partial charge in [-0.2, -0.15) is 0 Å². The van der Waals surface area contributed by atoms with Crippen LogP contribution in [0.15, 0.2) is 36.4 Å². The number of benzene rings is 2. The number of likely N-dealkylation sites (tertiary alicyclic amines) is 1. The highest BCUT2D eigenvalue weighted by molar-refractivity contribution is 5.91. The normalized spacial score (nSPS) is 21.6. The van der Waals surface area contributed by atoms with Gasteiger partial charge in [0.05, 0.1) is 12.2 Å². The zero-order chi connectivity index (χ0) is 33.9. The number of fused-ring (bicyclic) bond motifs is 2. The van der Waals surface area contributed by atoms with Crippen molar-refractivity contribution in [1.82, 2.24) is 24.9 Å². The van der Waals surface area contributed by atoms with Crippen LogP contribution < -0.4 is 20.3 Å². The molecule has 264 valence electrons. The highest BCUT2D eigenvalue weighted by atomic mass is 16.6. The quantitative estimate of drug-likeness (QED) is 0.481. The number of hydrogen-bond acceptors (Lipinski definition) is 8. The molecule has 12 nitrogen and oxygen atoms in total. The predicted molar refractivity (Wildman–Crippen MR) is 188 cm³/mol. The summed E-state index contributed by atoms with van der Waals surface area (Å²) in [4.78, 5) is 51.2. The molecule has 5 aliphatic heterocycles. The van der Waals surface area contributed by atoms with E-state index in [4.69, 9.17) is 9.47 Å². The first-order valence-electron chi connectivity index (χ1n) is 18.2. The Labute approximate surface area is 289 Å². The third-order valence-corrected chi connectivity index (χ3v) is 11.1. The number of anilines is 2. The van der Waals surface area contributed by atoms with Crippen LogP contribution in [0.5, 0.6) is 5.75 Å². The third kappa shape index (κ3) is 7.45. The van der Waals surface area contributed by atoms with Gasteiger partial charge in [0, 0.05) is 77.1 Å². The van der Waals surface area contributed by atoms with Gasteiger partial charge in [0.25, 0.3) is 5.91 Å². The molecule has 0 radical (unpaired) electrons. The van der Waals surface area contributed by atoms with Gasteiger partial charge in [0.1, 0.15) is 12.4 Å². The van der Waals surface area contributed by atoms with Gasteiger partial charge in [-0.15, -0.1) is 0 Å². The standard InChI is InChI=1S/C37H51N7O5/c1-26-23-27(24-32-34(26)40(2)21-22-48-32)25-33(35(45)42-19-17-41(18-20-42)29-7-12-38-13-8-29)49-37(47)43-14-10-30(11-15-43)44-16-9-28-5-3-4-6-31(28)39-36(44)46/h3-6,23-24,29-30,33,38H,7-22,25H2,1-2H3,(H,39,46)/t33-/m1/s1. The molecular formula is C37H51N7O5. The van der Waals surface area contributed by atoms with E-state index in [9.17, 15) is 14.4 Å². The zero-order valence-electron chi connectivity index (χ0n) is 29.0. The van der Waals surface area contributed by atoms with Gasteiger partial charge in [0.2, 0.25) is 0 Å². The number of carbonyl (C=O) groups is 3. The number of urea groups is 1. The van der Waals surface area contributed by atoms with Crippen molar-refractivity contribution in [3.8, 4) is 5.75 Å². The van der Waals surface area contributed by atoms with Crippen molar-refractivity contribution in [3.63, 3.8) is 0 Å². The molecule has 0 unspecified atom stereocenters. The summed E-state index contributed by atoms with van der Waals surface area (Å²) in [5.41, 5.74) is 5.06. The molecule has 5 aliphatic rings.